The summed E-state index contributed by atoms with van der Waals surface area (Å²) in [6, 6.07) is 12.3. The second-order valence-electron chi connectivity index (χ2n) is 8.50. The number of pyridine rings is 1. The van der Waals surface area contributed by atoms with E-state index in [0.717, 1.165) is 11.3 Å². The van der Waals surface area contributed by atoms with Crippen LogP contribution in [0.3, 0.4) is 0 Å². The lowest BCUT2D eigenvalue weighted by atomic mass is 9.88. The van der Waals surface area contributed by atoms with Crippen molar-refractivity contribution in [1.82, 2.24) is 14.4 Å². The molecule has 4 atom stereocenters. The molecule has 5 rings (SSSR count). The van der Waals surface area contributed by atoms with Crippen molar-refractivity contribution < 1.29 is 14.6 Å². The van der Waals surface area contributed by atoms with Crippen LogP contribution in [0.1, 0.15) is 17.3 Å². The number of carbonyl (C=O) groups excluding carboxylic acids is 1. The molecule has 0 bridgehead atoms. The predicted octanol–water partition coefficient (Wildman–Crippen LogP) is 1.52. The largest absolute Gasteiger partial charge is 0.396 e. The van der Waals surface area contributed by atoms with Crippen molar-refractivity contribution in [2.24, 2.45) is 11.8 Å². The van der Waals surface area contributed by atoms with E-state index < -0.39 is 6.04 Å². The summed E-state index contributed by atoms with van der Waals surface area (Å²) in [7, 11) is 0. The normalized spacial score (nSPS) is 27.9. The number of aliphatic hydroxyl groups is 1. The smallest absolute Gasteiger partial charge is 0.250 e. The van der Waals surface area contributed by atoms with Crippen LogP contribution in [0.5, 0.6) is 0 Å². The van der Waals surface area contributed by atoms with Crippen molar-refractivity contribution in [1.29, 1.82) is 0 Å². The molecule has 1 aromatic carbocycles. The highest BCUT2D eigenvalue weighted by Gasteiger charge is 2.56. The van der Waals surface area contributed by atoms with Crippen molar-refractivity contribution in [3.05, 3.63) is 69.1 Å². The number of ether oxygens (including phenoxy) is 1. The number of hydrogen-bond acceptors (Lipinski definition) is 5. The van der Waals surface area contributed by atoms with Crippen molar-refractivity contribution in [3.8, 4) is 0 Å². The average molecular weight is 444 g/mol. The van der Waals surface area contributed by atoms with E-state index >= 15 is 0 Å². The van der Waals surface area contributed by atoms with Gasteiger partial charge in [-0.2, -0.15) is 0 Å². The maximum atomic E-state index is 13.7. The molecule has 2 saturated heterocycles. The number of amides is 1. The van der Waals surface area contributed by atoms with Gasteiger partial charge in [-0.25, -0.2) is 0 Å². The number of fused-ring (bicyclic) bond motifs is 3. The van der Waals surface area contributed by atoms with Crippen molar-refractivity contribution in [2.75, 3.05) is 32.9 Å². The Labute approximate surface area is 185 Å². The van der Waals surface area contributed by atoms with Crippen LogP contribution < -0.4 is 5.56 Å². The molecule has 1 amide bonds. The Kier molecular flexibility index (Phi) is 5.60. The fourth-order valence-corrected chi connectivity index (χ4v) is 5.70. The van der Waals surface area contributed by atoms with Gasteiger partial charge in [-0.15, -0.1) is 0 Å². The van der Waals surface area contributed by atoms with Gasteiger partial charge in [0.2, 0.25) is 5.91 Å². The predicted molar refractivity (Wildman–Crippen MR) is 116 cm³/mol. The van der Waals surface area contributed by atoms with Crippen molar-refractivity contribution >= 4 is 17.5 Å². The summed E-state index contributed by atoms with van der Waals surface area (Å²) in [4.78, 5) is 30.2. The number of carbonyl (C=O) groups is 1. The van der Waals surface area contributed by atoms with E-state index in [0.29, 0.717) is 44.4 Å². The second-order valence-corrected chi connectivity index (χ2v) is 8.91. The van der Waals surface area contributed by atoms with E-state index in [1.54, 1.807) is 16.7 Å². The lowest BCUT2D eigenvalue weighted by Gasteiger charge is -2.36. The molecule has 0 spiro atoms. The molecule has 2 aromatic rings. The Morgan fingerprint density at radius 2 is 1.90 bits per heavy atom. The van der Waals surface area contributed by atoms with Gasteiger partial charge in [0.05, 0.1) is 25.3 Å². The number of morpholine rings is 1. The number of nitrogens with zero attached hydrogens (tertiary/aromatic N) is 3. The molecule has 0 aliphatic carbocycles. The Bertz CT molecular complexity index is 1040. The Balaban J connectivity index is 1.57. The van der Waals surface area contributed by atoms with Crippen molar-refractivity contribution in [2.45, 2.75) is 25.2 Å². The zero-order valence-corrected chi connectivity index (χ0v) is 17.9. The molecule has 7 nitrogen and oxygen atoms in total. The molecule has 3 aliphatic heterocycles. The highest BCUT2D eigenvalue weighted by atomic mass is 35.5. The summed E-state index contributed by atoms with van der Waals surface area (Å²) < 4.78 is 7.21. The number of benzene rings is 1. The van der Waals surface area contributed by atoms with Crippen LogP contribution in [0, 0.1) is 11.8 Å². The minimum atomic E-state index is -0.474. The van der Waals surface area contributed by atoms with Crippen LogP contribution >= 0.6 is 11.6 Å². The summed E-state index contributed by atoms with van der Waals surface area (Å²) in [5.74, 6) is -0.256. The third-order valence-electron chi connectivity index (χ3n) is 6.95. The molecule has 1 aromatic heterocycles. The maximum absolute atomic E-state index is 13.7. The lowest BCUT2D eigenvalue weighted by molar-refractivity contribution is -0.142. The summed E-state index contributed by atoms with van der Waals surface area (Å²) in [6.45, 7) is 3.04. The van der Waals surface area contributed by atoms with Gasteiger partial charge in [0.25, 0.3) is 5.56 Å². The van der Waals surface area contributed by atoms with Gasteiger partial charge >= 0.3 is 0 Å². The van der Waals surface area contributed by atoms with E-state index in [2.05, 4.69) is 4.90 Å². The number of rotatable bonds is 4. The van der Waals surface area contributed by atoms with Gasteiger partial charge in [-0.05, 0) is 17.7 Å². The minimum absolute atomic E-state index is 0.0161. The van der Waals surface area contributed by atoms with Crippen molar-refractivity contribution in [3.63, 3.8) is 0 Å². The monoisotopic (exact) mass is 443 g/mol. The quantitative estimate of drug-likeness (QED) is 0.775. The first-order valence-corrected chi connectivity index (χ1v) is 11.1. The number of aliphatic hydroxyl groups excluding tert-OH is 1. The van der Waals surface area contributed by atoms with Crippen LogP contribution in [-0.4, -0.2) is 64.3 Å². The van der Waals surface area contributed by atoms with E-state index in [-0.39, 0.29) is 36.0 Å². The highest BCUT2D eigenvalue weighted by Crippen LogP contribution is 2.50. The lowest BCUT2D eigenvalue weighted by Crippen LogP contribution is -2.52. The number of aromatic nitrogens is 1. The Morgan fingerprint density at radius 3 is 2.65 bits per heavy atom. The molecule has 4 heterocycles. The van der Waals surface area contributed by atoms with E-state index in [1.165, 1.54) is 0 Å². The van der Waals surface area contributed by atoms with E-state index in [9.17, 15) is 14.7 Å². The first-order chi connectivity index (χ1) is 15.1. The van der Waals surface area contributed by atoms with Gasteiger partial charge < -0.3 is 19.3 Å². The fraction of sp³-hybridized carbons (Fsp3) is 0.478. The molecule has 0 unspecified atom stereocenters. The molecule has 31 heavy (non-hydrogen) atoms. The van der Waals surface area contributed by atoms with E-state index in [4.69, 9.17) is 16.3 Å². The van der Waals surface area contributed by atoms with Gasteiger partial charge in [0, 0.05) is 61.4 Å². The number of likely N-dealkylation sites (tertiary alicyclic amines) is 1. The van der Waals surface area contributed by atoms with Gasteiger partial charge in [0.1, 0.15) is 0 Å². The zero-order valence-electron chi connectivity index (χ0n) is 17.2. The number of hydrogen-bond donors (Lipinski definition) is 1. The summed E-state index contributed by atoms with van der Waals surface area (Å²) >= 11 is 6.47. The molecule has 2 fully saturated rings. The maximum Gasteiger partial charge on any atom is 0.250 e. The summed E-state index contributed by atoms with van der Waals surface area (Å²) in [6.07, 6.45) is 0. The second kappa shape index (κ2) is 8.39. The van der Waals surface area contributed by atoms with Crippen LogP contribution in [0.2, 0.25) is 5.02 Å². The Hall–Kier alpha value is -2.19. The molecule has 0 saturated carbocycles. The number of halogens is 1. The van der Waals surface area contributed by atoms with Gasteiger partial charge in [-0.3, -0.25) is 14.5 Å². The average Bonchev–Trinajstić information content (AvgIpc) is 3.31. The van der Waals surface area contributed by atoms with Crippen LogP contribution in [-0.2, 0) is 22.6 Å². The molecule has 0 radical (unpaired) electrons. The first kappa shape index (κ1) is 20.7. The van der Waals surface area contributed by atoms with Crippen LogP contribution in [0.15, 0.2) is 47.3 Å². The van der Waals surface area contributed by atoms with Crippen LogP contribution in [0.25, 0.3) is 0 Å². The molecular weight excluding hydrogens is 418 g/mol. The zero-order chi connectivity index (χ0) is 21.5. The summed E-state index contributed by atoms with van der Waals surface area (Å²) in [5.41, 5.74) is 1.79. The van der Waals surface area contributed by atoms with Gasteiger partial charge in [0.15, 0.2) is 0 Å². The SMILES string of the molecule is O=C([C@H]1[C@H](CO)[C@H]2Cn3c(cccc3=O)[C@H]2N1Cc1ccccc1Cl)N1CCOCC1. The molecule has 164 valence electrons. The minimum Gasteiger partial charge on any atom is -0.396 e. The molecule has 1 N–H and O–H groups in total. The standard InChI is InChI=1S/C23H26ClN3O4/c24-18-5-2-1-4-15(18)12-27-21-16(13-26-19(21)6-3-7-20(26)29)17(14-28)22(27)23(30)25-8-10-31-11-9-25/h1-7,16-17,21-22,28H,8-14H2/t16-,17-,21+,22-/m1/s1. The van der Waals surface area contributed by atoms with E-state index in [1.807, 2.05) is 35.2 Å². The third-order valence-corrected chi connectivity index (χ3v) is 7.32. The third kappa shape index (κ3) is 3.49. The first-order valence-electron chi connectivity index (χ1n) is 10.8. The molecule has 3 aliphatic rings. The summed E-state index contributed by atoms with van der Waals surface area (Å²) in [5, 5.41) is 11.0. The topological polar surface area (TPSA) is 75.0 Å². The molecular formula is C23H26ClN3O4. The van der Waals surface area contributed by atoms with Gasteiger partial charge in [-0.1, -0.05) is 35.9 Å². The molecule has 8 heteroatoms. The highest BCUT2D eigenvalue weighted by molar-refractivity contribution is 6.31. The Morgan fingerprint density at radius 1 is 1.13 bits per heavy atom. The van der Waals surface area contributed by atoms with Crippen LogP contribution in [0.4, 0.5) is 0 Å². The fourth-order valence-electron chi connectivity index (χ4n) is 5.51.